The molecule has 1 amide bonds. The van der Waals surface area contributed by atoms with Crippen molar-refractivity contribution >= 4 is 11.7 Å². The molecule has 6 heteroatoms. The fourth-order valence-electron chi connectivity index (χ4n) is 3.80. The standard InChI is InChI=1S/C23H28N4O2/c1-23(2,3)29-22(28)26-14-13-25(20(17-26)18-9-5-4-6-10-18)16-19-15-24-21-11-7-8-12-27(19)21/h4-12,15,20H,13-14,16-17H2,1-3H3/t20-/m1/s1. The fourth-order valence-corrected chi connectivity index (χ4v) is 3.80. The quantitative estimate of drug-likeness (QED) is 0.673. The summed E-state index contributed by atoms with van der Waals surface area (Å²) in [6.07, 6.45) is 3.75. The number of ether oxygens (including phenoxy) is 1. The van der Waals surface area contributed by atoms with E-state index in [1.165, 1.54) is 5.56 Å². The summed E-state index contributed by atoms with van der Waals surface area (Å²) in [4.78, 5) is 21.4. The first-order chi connectivity index (χ1) is 13.9. The normalized spacial score (nSPS) is 18.2. The smallest absolute Gasteiger partial charge is 0.410 e. The molecule has 6 nitrogen and oxygen atoms in total. The maximum atomic E-state index is 12.7. The molecule has 0 spiro atoms. The number of carbonyl (C=O) groups is 1. The molecule has 1 atom stereocenters. The fraction of sp³-hybridized carbons (Fsp3) is 0.391. The molecule has 3 aromatic rings. The van der Waals surface area contributed by atoms with Crippen LogP contribution in [0.4, 0.5) is 4.79 Å². The Hall–Kier alpha value is -2.86. The summed E-state index contributed by atoms with van der Waals surface area (Å²) >= 11 is 0. The van der Waals surface area contributed by atoms with Crippen LogP contribution in [0.25, 0.3) is 5.65 Å². The highest BCUT2D eigenvalue weighted by molar-refractivity contribution is 5.68. The Balaban J connectivity index is 1.57. The van der Waals surface area contributed by atoms with Gasteiger partial charge in [0.25, 0.3) is 0 Å². The monoisotopic (exact) mass is 392 g/mol. The lowest BCUT2D eigenvalue weighted by Crippen LogP contribution is -2.51. The lowest BCUT2D eigenvalue weighted by molar-refractivity contribution is 0.00182. The third kappa shape index (κ3) is 4.43. The summed E-state index contributed by atoms with van der Waals surface area (Å²) in [6, 6.07) is 16.5. The topological polar surface area (TPSA) is 50.1 Å². The van der Waals surface area contributed by atoms with Gasteiger partial charge < -0.3 is 14.0 Å². The Morgan fingerprint density at radius 1 is 1.10 bits per heavy atom. The SMILES string of the molecule is CC(C)(C)OC(=O)N1CCN(Cc2cnc3ccccn23)[C@@H](c2ccccc2)C1. The van der Waals surface area contributed by atoms with Crippen LogP contribution in [0, 0.1) is 0 Å². The number of nitrogens with zero attached hydrogens (tertiary/aromatic N) is 4. The van der Waals surface area contributed by atoms with Crippen LogP contribution in [0.15, 0.2) is 60.9 Å². The number of rotatable bonds is 3. The van der Waals surface area contributed by atoms with Crippen LogP contribution in [-0.4, -0.2) is 50.5 Å². The molecule has 2 aromatic heterocycles. The van der Waals surface area contributed by atoms with Crippen LogP contribution < -0.4 is 0 Å². The second-order valence-corrected chi connectivity index (χ2v) is 8.50. The Morgan fingerprint density at radius 3 is 2.62 bits per heavy atom. The van der Waals surface area contributed by atoms with Crippen molar-refractivity contribution < 1.29 is 9.53 Å². The van der Waals surface area contributed by atoms with E-state index in [-0.39, 0.29) is 12.1 Å². The Labute approximate surface area is 171 Å². The number of piperazine rings is 1. The van der Waals surface area contributed by atoms with Gasteiger partial charge in [-0.1, -0.05) is 36.4 Å². The van der Waals surface area contributed by atoms with Crippen molar-refractivity contribution in [3.05, 3.63) is 72.2 Å². The van der Waals surface area contributed by atoms with Gasteiger partial charge >= 0.3 is 6.09 Å². The van der Waals surface area contributed by atoms with Gasteiger partial charge in [-0.3, -0.25) is 4.90 Å². The highest BCUT2D eigenvalue weighted by Crippen LogP contribution is 2.28. The zero-order valence-corrected chi connectivity index (χ0v) is 17.3. The van der Waals surface area contributed by atoms with Gasteiger partial charge in [0.2, 0.25) is 0 Å². The van der Waals surface area contributed by atoms with Gasteiger partial charge in [0, 0.05) is 32.4 Å². The number of imidazole rings is 1. The molecule has 0 radical (unpaired) electrons. The highest BCUT2D eigenvalue weighted by atomic mass is 16.6. The molecule has 1 saturated heterocycles. The molecule has 152 valence electrons. The number of pyridine rings is 1. The summed E-state index contributed by atoms with van der Waals surface area (Å²) in [5.41, 5.74) is 2.81. The first-order valence-corrected chi connectivity index (χ1v) is 10.1. The number of aromatic nitrogens is 2. The predicted octanol–water partition coefficient (Wildman–Crippen LogP) is 4.13. The number of fused-ring (bicyclic) bond motifs is 1. The van der Waals surface area contributed by atoms with Crippen LogP contribution >= 0.6 is 0 Å². The summed E-state index contributed by atoms with van der Waals surface area (Å²) in [7, 11) is 0. The predicted molar refractivity (Wildman–Crippen MR) is 113 cm³/mol. The van der Waals surface area contributed by atoms with Gasteiger partial charge in [-0.2, -0.15) is 0 Å². The van der Waals surface area contributed by atoms with Gasteiger partial charge in [0.1, 0.15) is 11.2 Å². The minimum Gasteiger partial charge on any atom is -0.444 e. The molecular formula is C23H28N4O2. The lowest BCUT2D eigenvalue weighted by atomic mass is 10.0. The Morgan fingerprint density at radius 2 is 1.86 bits per heavy atom. The van der Waals surface area contributed by atoms with E-state index in [4.69, 9.17) is 4.74 Å². The highest BCUT2D eigenvalue weighted by Gasteiger charge is 2.33. The van der Waals surface area contributed by atoms with E-state index in [1.807, 2.05) is 74.5 Å². The zero-order valence-electron chi connectivity index (χ0n) is 17.3. The molecule has 0 bridgehead atoms. The molecule has 3 heterocycles. The summed E-state index contributed by atoms with van der Waals surface area (Å²) in [6.45, 7) is 8.51. The van der Waals surface area contributed by atoms with Gasteiger partial charge in [-0.25, -0.2) is 9.78 Å². The maximum absolute atomic E-state index is 12.7. The lowest BCUT2D eigenvalue weighted by Gasteiger charge is -2.41. The minimum absolute atomic E-state index is 0.103. The maximum Gasteiger partial charge on any atom is 0.410 e. The third-order valence-corrected chi connectivity index (χ3v) is 5.19. The minimum atomic E-state index is -0.493. The van der Waals surface area contributed by atoms with Crippen LogP contribution in [0.3, 0.4) is 0 Å². The molecule has 0 unspecified atom stereocenters. The first-order valence-electron chi connectivity index (χ1n) is 10.1. The number of amides is 1. The van der Waals surface area contributed by atoms with Crippen molar-refractivity contribution in [3.8, 4) is 0 Å². The second kappa shape index (κ2) is 7.87. The molecule has 1 aromatic carbocycles. The average molecular weight is 393 g/mol. The first kappa shape index (κ1) is 19.5. The van der Waals surface area contributed by atoms with E-state index in [2.05, 4.69) is 26.4 Å². The van der Waals surface area contributed by atoms with Crippen LogP contribution in [-0.2, 0) is 11.3 Å². The molecule has 0 aliphatic carbocycles. The van der Waals surface area contributed by atoms with Gasteiger partial charge in [0.15, 0.2) is 0 Å². The van der Waals surface area contributed by atoms with Crippen molar-refractivity contribution in [2.45, 2.75) is 39.0 Å². The van der Waals surface area contributed by atoms with Crippen LogP contribution in [0.1, 0.15) is 38.1 Å². The van der Waals surface area contributed by atoms with E-state index in [9.17, 15) is 4.79 Å². The van der Waals surface area contributed by atoms with Crippen molar-refractivity contribution in [2.24, 2.45) is 0 Å². The molecule has 0 saturated carbocycles. The molecule has 1 aliphatic heterocycles. The molecule has 0 N–H and O–H groups in total. The molecule has 4 rings (SSSR count). The summed E-state index contributed by atoms with van der Waals surface area (Å²) < 4.78 is 7.74. The van der Waals surface area contributed by atoms with E-state index in [0.717, 1.165) is 24.4 Å². The van der Waals surface area contributed by atoms with E-state index < -0.39 is 5.60 Å². The van der Waals surface area contributed by atoms with Crippen LogP contribution in [0.2, 0.25) is 0 Å². The van der Waals surface area contributed by atoms with Gasteiger partial charge in [-0.05, 0) is 38.5 Å². The Bertz CT molecular complexity index is 977. The number of benzene rings is 1. The number of hydrogen-bond acceptors (Lipinski definition) is 4. The Kier molecular flexibility index (Phi) is 5.28. The molecule has 1 fully saturated rings. The third-order valence-electron chi connectivity index (χ3n) is 5.19. The van der Waals surface area contributed by atoms with Crippen molar-refractivity contribution in [2.75, 3.05) is 19.6 Å². The largest absolute Gasteiger partial charge is 0.444 e. The van der Waals surface area contributed by atoms with Gasteiger partial charge in [-0.15, -0.1) is 0 Å². The summed E-state index contributed by atoms with van der Waals surface area (Å²) in [5.74, 6) is 0. The van der Waals surface area contributed by atoms with Crippen molar-refractivity contribution in [1.82, 2.24) is 19.2 Å². The molecular weight excluding hydrogens is 364 g/mol. The average Bonchev–Trinajstić information content (AvgIpc) is 3.11. The second-order valence-electron chi connectivity index (χ2n) is 8.50. The van der Waals surface area contributed by atoms with Crippen molar-refractivity contribution in [1.29, 1.82) is 0 Å². The van der Waals surface area contributed by atoms with Gasteiger partial charge in [0.05, 0.1) is 17.9 Å². The van der Waals surface area contributed by atoms with Crippen molar-refractivity contribution in [3.63, 3.8) is 0 Å². The molecule has 29 heavy (non-hydrogen) atoms. The number of carbonyl (C=O) groups excluding carboxylic acids is 1. The van der Waals surface area contributed by atoms with Crippen LogP contribution in [0.5, 0.6) is 0 Å². The van der Waals surface area contributed by atoms with E-state index >= 15 is 0 Å². The zero-order chi connectivity index (χ0) is 20.4. The van der Waals surface area contributed by atoms with E-state index in [0.29, 0.717) is 13.1 Å². The molecule has 1 aliphatic rings. The summed E-state index contributed by atoms with van der Waals surface area (Å²) in [5, 5.41) is 0. The van der Waals surface area contributed by atoms with E-state index in [1.54, 1.807) is 0 Å². The number of hydrogen-bond donors (Lipinski definition) is 0.